The summed E-state index contributed by atoms with van der Waals surface area (Å²) in [6.45, 7) is 2.49. The first-order chi connectivity index (χ1) is 9.11. The molecule has 0 saturated carbocycles. The predicted octanol–water partition coefficient (Wildman–Crippen LogP) is 4.35. The summed E-state index contributed by atoms with van der Waals surface area (Å²) in [4.78, 5) is 13.5. The van der Waals surface area contributed by atoms with Crippen LogP contribution < -0.4 is 4.74 Å². The maximum Gasteiger partial charge on any atom is 0.339 e. The molecule has 2 rings (SSSR count). The molecule has 0 amide bonds. The highest BCUT2D eigenvalue weighted by atomic mass is 79.9. The largest absolute Gasteiger partial charge is 0.486 e. The third-order valence-electron chi connectivity index (χ3n) is 2.62. The Kier molecular flexibility index (Phi) is 4.61. The Bertz CT molecular complexity index is 592. The fraction of sp³-hybridized carbons (Fsp3) is 0.214. The molecule has 0 unspecified atom stereocenters. The van der Waals surface area contributed by atoms with E-state index < -0.39 is 5.97 Å². The van der Waals surface area contributed by atoms with E-state index in [1.54, 1.807) is 23.5 Å². The van der Waals surface area contributed by atoms with E-state index >= 15 is 0 Å². The van der Waals surface area contributed by atoms with Crippen molar-refractivity contribution in [3.8, 4) is 5.75 Å². The van der Waals surface area contributed by atoms with Gasteiger partial charge >= 0.3 is 5.97 Å². The van der Waals surface area contributed by atoms with E-state index in [-0.39, 0.29) is 5.56 Å². The summed E-state index contributed by atoms with van der Waals surface area (Å²) in [7, 11) is 0. The molecule has 0 bridgehead atoms. The number of para-hydroxylation sites is 1. The third-order valence-corrected chi connectivity index (χ3v) is 4.45. The molecule has 0 fully saturated rings. The van der Waals surface area contributed by atoms with Crippen LogP contribution in [0.15, 0.2) is 34.8 Å². The number of ether oxygens (including phenoxy) is 1. The van der Waals surface area contributed by atoms with E-state index in [1.165, 1.54) is 10.9 Å². The molecule has 5 heteroatoms. The van der Waals surface area contributed by atoms with Crippen molar-refractivity contribution in [2.45, 2.75) is 20.0 Å². The molecular weight excluding hydrogens is 328 g/mol. The van der Waals surface area contributed by atoms with E-state index in [9.17, 15) is 4.79 Å². The first kappa shape index (κ1) is 14.1. The summed E-state index contributed by atoms with van der Waals surface area (Å²) >= 11 is 5.01. The maximum atomic E-state index is 11.1. The molecule has 1 aromatic carbocycles. The summed E-state index contributed by atoms with van der Waals surface area (Å²) in [5.41, 5.74) is 0.168. The van der Waals surface area contributed by atoms with E-state index in [0.29, 0.717) is 16.8 Å². The Labute approximate surface area is 124 Å². The summed E-state index contributed by atoms with van der Waals surface area (Å²) in [5.74, 6) is -0.613. The fourth-order valence-electron chi connectivity index (χ4n) is 1.66. The molecule has 1 N–H and O–H groups in total. The highest BCUT2D eigenvalue weighted by Crippen LogP contribution is 2.30. The number of hydrogen-bond acceptors (Lipinski definition) is 3. The van der Waals surface area contributed by atoms with Crippen LogP contribution in [0.2, 0.25) is 0 Å². The molecule has 0 saturated heterocycles. The third kappa shape index (κ3) is 3.36. The second-order valence-corrected chi connectivity index (χ2v) is 6.04. The summed E-state index contributed by atoms with van der Waals surface area (Å²) in [6, 6.07) is 9.07. The predicted molar refractivity (Wildman–Crippen MR) is 79.1 cm³/mol. The molecule has 2 aromatic rings. The van der Waals surface area contributed by atoms with Gasteiger partial charge in [0.25, 0.3) is 0 Å². The molecule has 3 nitrogen and oxygen atoms in total. The number of benzene rings is 1. The number of rotatable bonds is 5. The second kappa shape index (κ2) is 6.21. The molecular formula is C14H13BrO3S. The standard InChI is InChI=1S/C14H13BrO3S/c1-2-9-6-7-10(19-9)8-18-13-11(14(16)17)4-3-5-12(13)15/h3-7H,2,8H2,1H3,(H,16,17). The van der Waals surface area contributed by atoms with Crippen molar-refractivity contribution in [3.05, 3.63) is 50.1 Å². The average Bonchev–Trinajstić information content (AvgIpc) is 2.85. The summed E-state index contributed by atoms with van der Waals surface area (Å²) in [6.07, 6.45) is 1.00. The van der Waals surface area contributed by atoms with E-state index in [4.69, 9.17) is 9.84 Å². The lowest BCUT2D eigenvalue weighted by atomic mass is 10.2. The minimum absolute atomic E-state index is 0.168. The van der Waals surface area contributed by atoms with Crippen LogP contribution in [0.1, 0.15) is 27.0 Å². The van der Waals surface area contributed by atoms with Gasteiger partial charge in [0.2, 0.25) is 0 Å². The number of carbonyl (C=O) groups is 1. The zero-order chi connectivity index (χ0) is 13.8. The lowest BCUT2D eigenvalue weighted by Gasteiger charge is -2.10. The van der Waals surface area contributed by atoms with Crippen LogP contribution in [-0.2, 0) is 13.0 Å². The number of halogens is 1. The topological polar surface area (TPSA) is 46.5 Å². The molecule has 0 aliphatic carbocycles. The van der Waals surface area contributed by atoms with Crippen LogP contribution in [0, 0.1) is 0 Å². The molecule has 0 aliphatic heterocycles. The molecule has 100 valence electrons. The molecule has 1 aromatic heterocycles. The van der Waals surface area contributed by atoms with Crippen molar-refractivity contribution in [1.29, 1.82) is 0 Å². The Hall–Kier alpha value is -1.33. The lowest BCUT2D eigenvalue weighted by Crippen LogP contribution is -2.03. The van der Waals surface area contributed by atoms with Crippen LogP contribution in [-0.4, -0.2) is 11.1 Å². The number of carboxylic acid groups (broad SMARTS) is 1. The molecule has 19 heavy (non-hydrogen) atoms. The van der Waals surface area contributed by atoms with Crippen molar-refractivity contribution in [3.63, 3.8) is 0 Å². The number of aromatic carboxylic acids is 1. The normalized spacial score (nSPS) is 10.4. The highest BCUT2D eigenvalue weighted by molar-refractivity contribution is 9.10. The molecule has 0 aliphatic rings. The van der Waals surface area contributed by atoms with Crippen molar-refractivity contribution in [2.75, 3.05) is 0 Å². The molecule has 1 heterocycles. The monoisotopic (exact) mass is 340 g/mol. The Morgan fingerprint density at radius 1 is 1.32 bits per heavy atom. The van der Waals surface area contributed by atoms with Crippen LogP contribution in [0.5, 0.6) is 5.75 Å². The van der Waals surface area contributed by atoms with Crippen LogP contribution in [0.3, 0.4) is 0 Å². The maximum absolute atomic E-state index is 11.1. The van der Waals surface area contributed by atoms with Gasteiger partial charge < -0.3 is 9.84 Å². The molecule has 0 radical (unpaired) electrons. The van der Waals surface area contributed by atoms with Gasteiger partial charge in [-0.3, -0.25) is 0 Å². The number of aryl methyl sites for hydroxylation is 1. The van der Waals surface area contributed by atoms with Crippen LogP contribution >= 0.6 is 27.3 Å². The van der Waals surface area contributed by atoms with Crippen LogP contribution in [0.25, 0.3) is 0 Å². The van der Waals surface area contributed by atoms with Gasteiger partial charge in [0.15, 0.2) is 0 Å². The van der Waals surface area contributed by atoms with Crippen LogP contribution in [0.4, 0.5) is 0 Å². The highest BCUT2D eigenvalue weighted by Gasteiger charge is 2.14. The van der Waals surface area contributed by atoms with Gasteiger partial charge in [-0.1, -0.05) is 13.0 Å². The van der Waals surface area contributed by atoms with Crippen molar-refractivity contribution < 1.29 is 14.6 Å². The van der Waals surface area contributed by atoms with Gasteiger partial charge in [0.05, 0.1) is 4.47 Å². The second-order valence-electron chi connectivity index (χ2n) is 3.93. The van der Waals surface area contributed by atoms with Gasteiger partial charge in [-0.05, 0) is 46.6 Å². The minimum atomic E-state index is -0.989. The van der Waals surface area contributed by atoms with Gasteiger partial charge in [-0.15, -0.1) is 11.3 Å². The van der Waals surface area contributed by atoms with E-state index in [0.717, 1.165) is 11.3 Å². The summed E-state index contributed by atoms with van der Waals surface area (Å²) in [5, 5.41) is 9.13. The average molecular weight is 341 g/mol. The Morgan fingerprint density at radius 3 is 2.68 bits per heavy atom. The SMILES string of the molecule is CCc1ccc(COc2c(Br)cccc2C(=O)O)s1. The summed E-state index contributed by atoms with van der Waals surface area (Å²) < 4.78 is 6.31. The molecule has 0 spiro atoms. The number of hydrogen-bond donors (Lipinski definition) is 1. The lowest BCUT2D eigenvalue weighted by molar-refractivity contribution is 0.0691. The van der Waals surface area contributed by atoms with Gasteiger partial charge in [-0.2, -0.15) is 0 Å². The van der Waals surface area contributed by atoms with Crippen molar-refractivity contribution in [1.82, 2.24) is 0 Å². The quantitative estimate of drug-likeness (QED) is 0.879. The van der Waals surface area contributed by atoms with E-state index in [2.05, 4.69) is 28.9 Å². The first-order valence-electron chi connectivity index (χ1n) is 5.84. The van der Waals surface area contributed by atoms with E-state index in [1.807, 2.05) is 6.07 Å². The minimum Gasteiger partial charge on any atom is -0.486 e. The van der Waals surface area contributed by atoms with Gasteiger partial charge in [0.1, 0.15) is 17.9 Å². The van der Waals surface area contributed by atoms with Crippen molar-refractivity contribution in [2.24, 2.45) is 0 Å². The van der Waals surface area contributed by atoms with Crippen molar-refractivity contribution >= 4 is 33.2 Å². The first-order valence-corrected chi connectivity index (χ1v) is 7.45. The fourth-order valence-corrected chi connectivity index (χ4v) is 3.01. The molecule has 0 atom stereocenters. The zero-order valence-electron chi connectivity index (χ0n) is 10.4. The Balaban J connectivity index is 2.17. The smallest absolute Gasteiger partial charge is 0.339 e. The Morgan fingerprint density at radius 2 is 2.05 bits per heavy atom. The van der Waals surface area contributed by atoms with Gasteiger partial charge in [-0.25, -0.2) is 4.79 Å². The number of thiophene rings is 1. The van der Waals surface area contributed by atoms with Gasteiger partial charge in [0, 0.05) is 9.75 Å². The zero-order valence-corrected chi connectivity index (χ0v) is 12.8. The number of carboxylic acids is 1.